The summed E-state index contributed by atoms with van der Waals surface area (Å²) in [6, 6.07) is 0.486. The van der Waals surface area contributed by atoms with E-state index >= 15 is 0 Å². The number of hydrogen-bond acceptors (Lipinski definition) is 5. The minimum absolute atomic E-state index is 0. The van der Waals surface area contributed by atoms with Gasteiger partial charge in [-0.1, -0.05) is 13.3 Å². The number of thioether (sulfide) groups is 1. The molecule has 1 aromatic heterocycles. The molecular formula is C19H35IN6OS. The van der Waals surface area contributed by atoms with Crippen molar-refractivity contribution in [2.24, 2.45) is 12.0 Å². The molecular weight excluding hydrogens is 487 g/mol. The molecule has 160 valence electrons. The fraction of sp³-hybridized carbons (Fsp3) is 0.842. The number of rotatable bonds is 7. The Labute approximate surface area is 190 Å². The van der Waals surface area contributed by atoms with Gasteiger partial charge in [0.2, 0.25) is 0 Å². The maximum Gasteiger partial charge on any atom is 0.192 e. The highest BCUT2D eigenvalue weighted by Crippen LogP contribution is 2.28. The topological polar surface area (TPSA) is 76.4 Å². The number of aliphatic imine (C=N–C) groups is 1. The van der Waals surface area contributed by atoms with Gasteiger partial charge in [-0.3, -0.25) is 0 Å². The van der Waals surface area contributed by atoms with Crippen LogP contribution in [-0.2, 0) is 18.3 Å². The third kappa shape index (κ3) is 7.05. The van der Waals surface area contributed by atoms with Crippen LogP contribution < -0.4 is 10.6 Å². The van der Waals surface area contributed by atoms with Crippen LogP contribution in [0.5, 0.6) is 0 Å². The molecule has 0 bridgehead atoms. The highest BCUT2D eigenvalue weighted by Gasteiger charge is 2.23. The van der Waals surface area contributed by atoms with Crippen LogP contribution in [0.2, 0.25) is 0 Å². The first-order valence-electron chi connectivity index (χ1n) is 10.3. The lowest BCUT2D eigenvalue weighted by atomic mass is 9.95. The van der Waals surface area contributed by atoms with E-state index in [1.165, 1.54) is 31.4 Å². The smallest absolute Gasteiger partial charge is 0.192 e. The molecule has 9 heteroatoms. The van der Waals surface area contributed by atoms with Gasteiger partial charge in [-0.15, -0.1) is 34.2 Å². The van der Waals surface area contributed by atoms with Gasteiger partial charge in [-0.25, -0.2) is 4.99 Å². The van der Waals surface area contributed by atoms with Gasteiger partial charge in [0.15, 0.2) is 11.8 Å². The summed E-state index contributed by atoms with van der Waals surface area (Å²) in [6.45, 7) is 6.42. The first kappa shape index (κ1) is 23.7. The molecule has 3 rings (SSSR count). The zero-order valence-electron chi connectivity index (χ0n) is 17.3. The molecule has 1 aromatic rings. The van der Waals surface area contributed by atoms with E-state index in [9.17, 15) is 0 Å². The number of ether oxygens (including phenoxy) is 1. The lowest BCUT2D eigenvalue weighted by Crippen LogP contribution is -2.47. The van der Waals surface area contributed by atoms with Crippen LogP contribution in [0.25, 0.3) is 0 Å². The Bertz CT molecular complexity index is 618. The molecule has 7 nitrogen and oxygen atoms in total. The van der Waals surface area contributed by atoms with Crippen LogP contribution in [0.15, 0.2) is 4.99 Å². The molecule has 2 fully saturated rings. The van der Waals surface area contributed by atoms with Crippen LogP contribution in [-0.4, -0.2) is 57.0 Å². The molecule has 28 heavy (non-hydrogen) atoms. The van der Waals surface area contributed by atoms with Crippen molar-refractivity contribution in [3.05, 3.63) is 11.6 Å². The molecule has 0 radical (unpaired) electrons. The van der Waals surface area contributed by atoms with Crippen molar-refractivity contribution in [2.45, 2.75) is 76.3 Å². The zero-order valence-corrected chi connectivity index (χ0v) is 20.5. The van der Waals surface area contributed by atoms with Gasteiger partial charge in [0.05, 0.1) is 6.10 Å². The SMILES string of the molecule is CCSC1CCCC(NC(=NCc2nnc(C)n2C)NCC2CCCO2)C1.I. The van der Waals surface area contributed by atoms with E-state index in [0.717, 1.165) is 48.9 Å². The predicted octanol–water partition coefficient (Wildman–Crippen LogP) is 3.02. The van der Waals surface area contributed by atoms with Crippen LogP contribution >= 0.6 is 35.7 Å². The van der Waals surface area contributed by atoms with Crippen LogP contribution in [0.4, 0.5) is 0 Å². The monoisotopic (exact) mass is 522 g/mol. The summed E-state index contributed by atoms with van der Waals surface area (Å²) in [5, 5.41) is 16.3. The van der Waals surface area contributed by atoms with Gasteiger partial charge in [-0.05, 0) is 44.8 Å². The molecule has 1 aliphatic heterocycles. The first-order chi connectivity index (χ1) is 13.2. The summed E-state index contributed by atoms with van der Waals surface area (Å²) in [5.41, 5.74) is 0. The number of nitrogens with zero attached hydrogens (tertiary/aromatic N) is 4. The summed E-state index contributed by atoms with van der Waals surface area (Å²) in [4.78, 5) is 4.80. The Hall–Kier alpha value is -0.550. The summed E-state index contributed by atoms with van der Waals surface area (Å²) >= 11 is 2.09. The van der Waals surface area contributed by atoms with E-state index in [1.54, 1.807) is 0 Å². The molecule has 1 saturated carbocycles. The summed E-state index contributed by atoms with van der Waals surface area (Å²) in [5.74, 6) is 3.86. The van der Waals surface area contributed by atoms with Crippen molar-refractivity contribution < 1.29 is 4.74 Å². The Morgan fingerprint density at radius 1 is 1.29 bits per heavy atom. The number of aryl methyl sites for hydroxylation is 1. The maximum atomic E-state index is 5.75. The Balaban J connectivity index is 0.00000280. The van der Waals surface area contributed by atoms with Crippen LogP contribution in [0, 0.1) is 6.92 Å². The first-order valence-corrected chi connectivity index (χ1v) is 11.3. The fourth-order valence-corrected chi connectivity index (χ4v) is 4.94. The summed E-state index contributed by atoms with van der Waals surface area (Å²) in [6.07, 6.45) is 7.63. The Kier molecular flexibility index (Phi) is 10.4. The molecule has 3 atom stereocenters. The lowest BCUT2D eigenvalue weighted by Gasteiger charge is -2.30. The number of halogens is 1. The van der Waals surface area contributed by atoms with Crippen molar-refractivity contribution in [1.82, 2.24) is 25.4 Å². The van der Waals surface area contributed by atoms with E-state index in [1.807, 2.05) is 18.5 Å². The van der Waals surface area contributed by atoms with Crippen molar-refractivity contribution in [2.75, 3.05) is 18.9 Å². The molecule has 1 aliphatic carbocycles. The highest BCUT2D eigenvalue weighted by molar-refractivity contribution is 14.0. The number of guanidine groups is 1. The van der Waals surface area contributed by atoms with Gasteiger partial charge in [-0.2, -0.15) is 11.8 Å². The van der Waals surface area contributed by atoms with E-state index in [4.69, 9.17) is 9.73 Å². The third-order valence-electron chi connectivity index (χ3n) is 5.45. The van der Waals surface area contributed by atoms with Gasteiger partial charge in [0.1, 0.15) is 12.4 Å². The van der Waals surface area contributed by atoms with Gasteiger partial charge >= 0.3 is 0 Å². The molecule has 2 N–H and O–H groups in total. The van der Waals surface area contributed by atoms with Gasteiger partial charge in [0.25, 0.3) is 0 Å². The standard InChI is InChI=1S/C19H34N6OS.HI/c1-4-27-17-9-5-7-15(11-17)22-19(20-12-16-8-6-10-26-16)21-13-18-24-23-14(2)25(18)3;/h15-17H,4-13H2,1-3H3,(H2,20,21,22);1H. The van der Waals surface area contributed by atoms with Crippen LogP contribution in [0.1, 0.15) is 57.1 Å². The normalized spacial score (nSPS) is 25.4. The van der Waals surface area contributed by atoms with E-state index in [-0.39, 0.29) is 24.0 Å². The average Bonchev–Trinajstić information content (AvgIpc) is 3.29. The van der Waals surface area contributed by atoms with Crippen molar-refractivity contribution >= 4 is 41.7 Å². The molecule has 2 heterocycles. The second-order valence-electron chi connectivity index (χ2n) is 7.49. The number of hydrogen-bond donors (Lipinski definition) is 2. The van der Waals surface area contributed by atoms with Crippen molar-refractivity contribution in [3.63, 3.8) is 0 Å². The van der Waals surface area contributed by atoms with Crippen molar-refractivity contribution in [3.8, 4) is 0 Å². The minimum atomic E-state index is 0. The van der Waals surface area contributed by atoms with Gasteiger partial charge < -0.3 is 19.9 Å². The molecule has 0 amide bonds. The quantitative estimate of drug-likeness (QED) is 0.326. The third-order valence-corrected chi connectivity index (χ3v) is 6.68. The van der Waals surface area contributed by atoms with E-state index in [0.29, 0.717) is 18.7 Å². The Morgan fingerprint density at radius 2 is 2.14 bits per heavy atom. The summed E-state index contributed by atoms with van der Waals surface area (Å²) < 4.78 is 7.75. The van der Waals surface area contributed by atoms with Gasteiger partial charge in [0, 0.05) is 31.5 Å². The lowest BCUT2D eigenvalue weighted by molar-refractivity contribution is 0.113. The zero-order chi connectivity index (χ0) is 19.1. The maximum absolute atomic E-state index is 5.75. The fourth-order valence-electron chi connectivity index (χ4n) is 3.76. The molecule has 0 spiro atoms. The highest BCUT2D eigenvalue weighted by atomic mass is 127. The van der Waals surface area contributed by atoms with E-state index in [2.05, 4.69) is 39.5 Å². The largest absolute Gasteiger partial charge is 0.376 e. The average molecular weight is 523 g/mol. The summed E-state index contributed by atoms with van der Waals surface area (Å²) in [7, 11) is 1.99. The van der Waals surface area contributed by atoms with Crippen molar-refractivity contribution in [1.29, 1.82) is 0 Å². The number of nitrogens with one attached hydrogen (secondary N) is 2. The molecule has 0 aromatic carbocycles. The predicted molar refractivity (Wildman–Crippen MR) is 127 cm³/mol. The second-order valence-corrected chi connectivity index (χ2v) is 9.07. The van der Waals surface area contributed by atoms with Crippen LogP contribution in [0.3, 0.4) is 0 Å². The molecule has 1 saturated heterocycles. The minimum Gasteiger partial charge on any atom is -0.376 e. The second kappa shape index (κ2) is 12.2. The molecule has 2 aliphatic rings. The number of aromatic nitrogens is 3. The Morgan fingerprint density at radius 3 is 2.82 bits per heavy atom. The molecule has 3 unspecified atom stereocenters. The van der Waals surface area contributed by atoms with E-state index < -0.39 is 0 Å².